The van der Waals surface area contributed by atoms with Crippen LogP contribution in [0.25, 0.3) is 0 Å². The van der Waals surface area contributed by atoms with E-state index in [0.717, 1.165) is 24.7 Å². The summed E-state index contributed by atoms with van der Waals surface area (Å²) in [4.78, 5) is 4.33. The van der Waals surface area contributed by atoms with Crippen LogP contribution in [0.15, 0.2) is 24.4 Å². The Labute approximate surface area is 122 Å². The first kappa shape index (κ1) is 15.4. The molecule has 4 nitrogen and oxygen atoms in total. The Hall–Kier alpha value is -1.95. The molecule has 1 aromatic carbocycles. The van der Waals surface area contributed by atoms with Gasteiger partial charge in [0.2, 0.25) is 5.95 Å². The fraction of sp³-hybridized carbons (Fsp3) is 0.400. The molecule has 1 N–H and O–H groups in total. The Morgan fingerprint density at radius 1 is 1.24 bits per heavy atom. The second-order valence-corrected chi connectivity index (χ2v) is 4.73. The van der Waals surface area contributed by atoms with E-state index in [4.69, 9.17) is 4.74 Å². The number of hydrogen-bond donors (Lipinski definition) is 1. The molecule has 0 bridgehead atoms. The minimum absolute atomic E-state index is 0.337. The van der Waals surface area contributed by atoms with Crippen LogP contribution in [0.2, 0.25) is 0 Å². The van der Waals surface area contributed by atoms with E-state index in [-0.39, 0.29) is 0 Å². The van der Waals surface area contributed by atoms with Crippen LogP contribution in [0, 0.1) is 18.6 Å². The summed E-state index contributed by atoms with van der Waals surface area (Å²) in [6, 6.07) is 3.31. The third kappa shape index (κ3) is 4.53. The highest BCUT2D eigenvalue weighted by molar-refractivity contribution is 5.54. The SMILES string of the molecule is CCOCCCn1cc(C)nc1Nc1cc(F)cc(F)c1. The number of anilines is 2. The van der Waals surface area contributed by atoms with E-state index >= 15 is 0 Å². The molecule has 114 valence electrons. The molecule has 0 unspecified atom stereocenters. The maximum atomic E-state index is 13.2. The van der Waals surface area contributed by atoms with Crippen molar-refractivity contribution in [1.82, 2.24) is 9.55 Å². The Kier molecular flexibility index (Phi) is 5.27. The van der Waals surface area contributed by atoms with E-state index in [0.29, 0.717) is 24.8 Å². The number of nitrogens with one attached hydrogen (secondary N) is 1. The number of halogens is 2. The number of aromatic nitrogens is 2. The zero-order valence-corrected chi connectivity index (χ0v) is 12.2. The molecule has 2 rings (SSSR count). The molecule has 0 saturated carbocycles. The van der Waals surface area contributed by atoms with Gasteiger partial charge in [-0.05, 0) is 32.4 Å². The Morgan fingerprint density at radius 3 is 2.62 bits per heavy atom. The van der Waals surface area contributed by atoms with Crippen LogP contribution in [-0.4, -0.2) is 22.8 Å². The number of aryl methyl sites for hydroxylation is 2. The van der Waals surface area contributed by atoms with Crippen molar-refractivity contribution in [2.45, 2.75) is 26.8 Å². The Balaban J connectivity index is 2.08. The summed E-state index contributed by atoms with van der Waals surface area (Å²) in [5.41, 5.74) is 1.18. The van der Waals surface area contributed by atoms with Gasteiger partial charge >= 0.3 is 0 Å². The second kappa shape index (κ2) is 7.17. The van der Waals surface area contributed by atoms with Gasteiger partial charge in [-0.25, -0.2) is 13.8 Å². The van der Waals surface area contributed by atoms with Crippen molar-refractivity contribution < 1.29 is 13.5 Å². The van der Waals surface area contributed by atoms with Crippen molar-refractivity contribution >= 4 is 11.6 Å². The third-order valence-electron chi connectivity index (χ3n) is 2.91. The molecule has 0 atom stereocenters. The quantitative estimate of drug-likeness (QED) is 0.793. The Bertz CT molecular complexity index is 578. The summed E-state index contributed by atoms with van der Waals surface area (Å²) in [6.45, 7) is 5.91. The van der Waals surface area contributed by atoms with Gasteiger partial charge < -0.3 is 14.6 Å². The molecule has 0 radical (unpaired) electrons. The highest BCUT2D eigenvalue weighted by Crippen LogP contribution is 2.19. The lowest BCUT2D eigenvalue weighted by Gasteiger charge is -2.10. The zero-order chi connectivity index (χ0) is 15.2. The standard InChI is InChI=1S/C15H19F2N3O/c1-3-21-6-4-5-20-10-11(2)18-15(20)19-14-8-12(16)7-13(17)9-14/h7-10H,3-6H2,1-2H3,(H,18,19). The average Bonchev–Trinajstić information content (AvgIpc) is 2.73. The van der Waals surface area contributed by atoms with Gasteiger partial charge in [-0.2, -0.15) is 0 Å². The Morgan fingerprint density at radius 2 is 1.95 bits per heavy atom. The number of nitrogens with zero attached hydrogens (tertiary/aromatic N) is 2. The molecule has 21 heavy (non-hydrogen) atoms. The molecule has 1 heterocycles. The molecule has 0 amide bonds. The lowest BCUT2D eigenvalue weighted by atomic mass is 10.3. The predicted octanol–water partition coefficient (Wildman–Crippen LogP) is 3.64. The summed E-state index contributed by atoms with van der Waals surface area (Å²) < 4.78 is 33.6. The van der Waals surface area contributed by atoms with Gasteiger partial charge in [0.1, 0.15) is 11.6 Å². The van der Waals surface area contributed by atoms with Crippen molar-refractivity contribution in [3.8, 4) is 0 Å². The normalized spacial score (nSPS) is 10.9. The summed E-state index contributed by atoms with van der Waals surface area (Å²) in [5.74, 6) is -0.679. The fourth-order valence-corrected chi connectivity index (χ4v) is 2.05. The predicted molar refractivity (Wildman–Crippen MR) is 77.7 cm³/mol. The zero-order valence-electron chi connectivity index (χ0n) is 12.2. The molecule has 0 aliphatic heterocycles. The van der Waals surface area contributed by atoms with Gasteiger partial charge in [-0.3, -0.25) is 0 Å². The van der Waals surface area contributed by atoms with E-state index < -0.39 is 11.6 Å². The van der Waals surface area contributed by atoms with Crippen molar-refractivity contribution in [3.63, 3.8) is 0 Å². The van der Waals surface area contributed by atoms with E-state index in [2.05, 4.69) is 10.3 Å². The molecule has 1 aromatic heterocycles. The highest BCUT2D eigenvalue weighted by Gasteiger charge is 2.07. The summed E-state index contributed by atoms with van der Waals surface area (Å²) in [7, 11) is 0. The molecule has 0 spiro atoms. The molecule has 0 aliphatic carbocycles. The van der Waals surface area contributed by atoms with Gasteiger partial charge in [-0.1, -0.05) is 0 Å². The minimum Gasteiger partial charge on any atom is -0.382 e. The average molecular weight is 295 g/mol. The lowest BCUT2D eigenvalue weighted by molar-refractivity contribution is 0.142. The first-order valence-corrected chi connectivity index (χ1v) is 6.93. The van der Waals surface area contributed by atoms with E-state index in [1.807, 2.05) is 24.6 Å². The summed E-state index contributed by atoms with van der Waals surface area (Å²) in [6.07, 6.45) is 2.74. The second-order valence-electron chi connectivity index (χ2n) is 4.73. The first-order chi connectivity index (χ1) is 10.1. The van der Waals surface area contributed by atoms with Crippen LogP contribution in [0.5, 0.6) is 0 Å². The van der Waals surface area contributed by atoms with Crippen LogP contribution in [0.4, 0.5) is 20.4 Å². The smallest absolute Gasteiger partial charge is 0.207 e. The van der Waals surface area contributed by atoms with Gasteiger partial charge in [0.15, 0.2) is 0 Å². The van der Waals surface area contributed by atoms with Crippen LogP contribution < -0.4 is 5.32 Å². The number of benzene rings is 1. The van der Waals surface area contributed by atoms with Gasteiger partial charge in [0, 0.05) is 37.7 Å². The lowest BCUT2D eigenvalue weighted by Crippen LogP contribution is -2.06. The molecule has 0 aliphatic rings. The van der Waals surface area contributed by atoms with Gasteiger partial charge in [0.05, 0.1) is 5.69 Å². The molecule has 0 fully saturated rings. The van der Waals surface area contributed by atoms with Crippen LogP contribution in [0.3, 0.4) is 0 Å². The third-order valence-corrected chi connectivity index (χ3v) is 2.91. The topological polar surface area (TPSA) is 39.1 Å². The fourth-order valence-electron chi connectivity index (χ4n) is 2.05. The molecule has 6 heteroatoms. The van der Waals surface area contributed by atoms with Crippen LogP contribution >= 0.6 is 0 Å². The molecule has 0 saturated heterocycles. The summed E-state index contributed by atoms with van der Waals surface area (Å²) >= 11 is 0. The largest absolute Gasteiger partial charge is 0.382 e. The number of rotatable bonds is 7. The highest BCUT2D eigenvalue weighted by atomic mass is 19.1. The molecular formula is C15H19F2N3O. The number of imidazole rings is 1. The maximum Gasteiger partial charge on any atom is 0.207 e. The van der Waals surface area contributed by atoms with Gasteiger partial charge in [0.25, 0.3) is 0 Å². The maximum absolute atomic E-state index is 13.2. The summed E-state index contributed by atoms with van der Waals surface area (Å²) in [5, 5.41) is 2.95. The van der Waals surface area contributed by atoms with E-state index in [1.54, 1.807) is 0 Å². The minimum atomic E-state index is -0.622. The van der Waals surface area contributed by atoms with Crippen molar-refractivity contribution in [3.05, 3.63) is 41.7 Å². The number of ether oxygens (including phenoxy) is 1. The molecular weight excluding hydrogens is 276 g/mol. The van der Waals surface area contributed by atoms with Crippen LogP contribution in [0.1, 0.15) is 19.0 Å². The van der Waals surface area contributed by atoms with E-state index in [9.17, 15) is 8.78 Å². The van der Waals surface area contributed by atoms with Gasteiger partial charge in [-0.15, -0.1) is 0 Å². The molecule has 2 aromatic rings. The van der Waals surface area contributed by atoms with Crippen molar-refractivity contribution in [2.75, 3.05) is 18.5 Å². The number of hydrogen-bond acceptors (Lipinski definition) is 3. The van der Waals surface area contributed by atoms with Crippen LogP contribution in [-0.2, 0) is 11.3 Å². The monoisotopic (exact) mass is 295 g/mol. The first-order valence-electron chi connectivity index (χ1n) is 6.93. The van der Waals surface area contributed by atoms with E-state index in [1.165, 1.54) is 12.1 Å². The van der Waals surface area contributed by atoms with Crippen molar-refractivity contribution in [1.29, 1.82) is 0 Å². The van der Waals surface area contributed by atoms with Crippen molar-refractivity contribution in [2.24, 2.45) is 0 Å².